The summed E-state index contributed by atoms with van der Waals surface area (Å²) in [6.07, 6.45) is -0.0716. The number of benzene rings is 3. The van der Waals surface area contributed by atoms with Crippen molar-refractivity contribution in [2.45, 2.75) is 33.1 Å². The predicted octanol–water partition coefficient (Wildman–Crippen LogP) is 6.38. The van der Waals surface area contributed by atoms with Crippen molar-refractivity contribution < 1.29 is 18.4 Å². The quantitative estimate of drug-likeness (QED) is 0.254. The van der Waals surface area contributed by atoms with Gasteiger partial charge in [0.05, 0.1) is 17.3 Å². The minimum atomic E-state index is -0.733. The molecule has 0 bridgehead atoms. The van der Waals surface area contributed by atoms with Gasteiger partial charge < -0.3 is 0 Å². The molecule has 0 radical (unpaired) electrons. The molecule has 0 aliphatic carbocycles. The van der Waals surface area contributed by atoms with Gasteiger partial charge in [-0.15, -0.1) is 0 Å². The molecule has 0 saturated heterocycles. The lowest BCUT2D eigenvalue weighted by molar-refractivity contribution is -0.123. The van der Waals surface area contributed by atoms with Crippen LogP contribution < -0.4 is 4.90 Å². The van der Waals surface area contributed by atoms with Gasteiger partial charge in [-0.25, -0.2) is 13.5 Å². The van der Waals surface area contributed by atoms with Gasteiger partial charge in [0.15, 0.2) is 5.78 Å². The van der Waals surface area contributed by atoms with E-state index in [1.165, 1.54) is 30.3 Å². The van der Waals surface area contributed by atoms with Crippen molar-refractivity contribution in [3.8, 4) is 5.69 Å². The number of fused-ring (bicyclic) bond motifs is 1. The van der Waals surface area contributed by atoms with E-state index in [0.717, 1.165) is 22.5 Å². The number of carbonyl (C=O) groups is 2. The van der Waals surface area contributed by atoms with E-state index < -0.39 is 11.8 Å². The molecule has 2 atom stereocenters. The lowest BCUT2D eigenvalue weighted by atomic mass is 9.74. The summed E-state index contributed by atoms with van der Waals surface area (Å²) in [4.78, 5) is 29.1. The number of halogens is 2. The molecule has 4 aromatic rings. The fourth-order valence-electron chi connectivity index (χ4n) is 5.26. The van der Waals surface area contributed by atoms with Gasteiger partial charge in [-0.05, 0) is 74.4 Å². The minimum absolute atomic E-state index is 0. The van der Waals surface area contributed by atoms with Crippen molar-refractivity contribution in [1.29, 1.82) is 0 Å². The first-order chi connectivity index (χ1) is 17.8. The summed E-state index contributed by atoms with van der Waals surface area (Å²) in [6, 6.07) is 19.9. The van der Waals surface area contributed by atoms with Crippen LogP contribution in [-0.2, 0) is 4.79 Å². The third-order valence-electron chi connectivity index (χ3n) is 7.06. The van der Waals surface area contributed by atoms with Gasteiger partial charge >= 0.3 is 0 Å². The standard InChI is InChI=1S/C30H27F2N3O2.2H2S/c1-4-34-29-27(19(3)33-35(29)23-8-6-5-7-9-23)28(20-10-13-22(31)14-11-20)24(30(34)37)17-26(36)21-12-15-25(32)18(2)16-21;;/h5-16,24,28H,4,17H2,1-3H3;2*1H2/t24-,28+;;/m0../s1. The van der Waals surface area contributed by atoms with Gasteiger partial charge in [-0.3, -0.25) is 14.5 Å². The fraction of sp³-hybridized carbons (Fsp3) is 0.233. The van der Waals surface area contributed by atoms with Crippen LogP contribution in [-0.4, -0.2) is 28.0 Å². The SMILES string of the molecule is CCN1C(=O)[C@@H](CC(=O)c2ccc(F)c(C)c2)[C@@H](c2ccc(F)cc2)c2c(C)nn(-c3ccccc3)c21.S.S. The topological polar surface area (TPSA) is 55.2 Å². The molecule has 204 valence electrons. The molecular weight excluding hydrogens is 536 g/mol. The van der Waals surface area contributed by atoms with E-state index in [2.05, 4.69) is 0 Å². The summed E-state index contributed by atoms with van der Waals surface area (Å²) in [7, 11) is 0. The van der Waals surface area contributed by atoms with Crippen molar-refractivity contribution in [3.05, 3.63) is 112 Å². The number of Topliss-reactive ketones (excluding diaryl/α,β-unsaturated/α-hetero) is 1. The summed E-state index contributed by atoms with van der Waals surface area (Å²) < 4.78 is 29.5. The van der Waals surface area contributed by atoms with Gasteiger partial charge in [0.1, 0.15) is 17.5 Å². The highest BCUT2D eigenvalue weighted by atomic mass is 32.1. The highest BCUT2D eigenvalue weighted by molar-refractivity contribution is 7.59. The van der Waals surface area contributed by atoms with E-state index in [1.54, 1.807) is 28.6 Å². The van der Waals surface area contributed by atoms with Crippen molar-refractivity contribution in [2.24, 2.45) is 5.92 Å². The van der Waals surface area contributed by atoms with E-state index in [9.17, 15) is 18.4 Å². The van der Waals surface area contributed by atoms with E-state index in [4.69, 9.17) is 5.10 Å². The maximum atomic E-state index is 14.0. The van der Waals surface area contributed by atoms with Crippen molar-refractivity contribution in [2.75, 3.05) is 11.4 Å². The first-order valence-corrected chi connectivity index (χ1v) is 12.3. The highest BCUT2D eigenvalue weighted by Gasteiger charge is 2.45. The Hall–Kier alpha value is -3.43. The Bertz CT molecular complexity index is 1490. The van der Waals surface area contributed by atoms with Gasteiger partial charge in [0.25, 0.3) is 0 Å². The summed E-state index contributed by atoms with van der Waals surface area (Å²) in [5.41, 5.74) is 3.84. The molecule has 0 fully saturated rings. The van der Waals surface area contributed by atoms with E-state index in [1.807, 2.05) is 44.2 Å². The Kier molecular flexibility index (Phi) is 9.40. The number of anilines is 1. The molecular formula is C30H31F2N3O2S2. The Labute approximate surface area is 240 Å². The Morgan fingerprint density at radius 1 is 0.949 bits per heavy atom. The lowest BCUT2D eigenvalue weighted by Crippen LogP contribution is -2.45. The zero-order chi connectivity index (χ0) is 26.3. The maximum Gasteiger partial charge on any atom is 0.232 e. The zero-order valence-electron chi connectivity index (χ0n) is 21.9. The molecule has 9 heteroatoms. The number of hydrogen-bond acceptors (Lipinski definition) is 3. The maximum absolute atomic E-state index is 14.0. The fourth-order valence-corrected chi connectivity index (χ4v) is 5.26. The lowest BCUT2D eigenvalue weighted by Gasteiger charge is -2.38. The zero-order valence-corrected chi connectivity index (χ0v) is 23.9. The van der Waals surface area contributed by atoms with E-state index in [-0.39, 0.29) is 56.7 Å². The molecule has 0 spiro atoms. The molecule has 2 heterocycles. The molecule has 3 aromatic carbocycles. The summed E-state index contributed by atoms with van der Waals surface area (Å²) in [5, 5.41) is 4.80. The molecule has 0 N–H and O–H groups in total. The summed E-state index contributed by atoms with van der Waals surface area (Å²) in [5.74, 6) is -1.80. The van der Waals surface area contributed by atoms with Crippen LogP contribution >= 0.6 is 27.0 Å². The molecule has 1 amide bonds. The van der Waals surface area contributed by atoms with Gasteiger partial charge in [0, 0.05) is 30.0 Å². The smallest absolute Gasteiger partial charge is 0.232 e. The normalized spacial score (nSPS) is 16.2. The predicted molar refractivity (Wildman–Crippen MR) is 159 cm³/mol. The van der Waals surface area contributed by atoms with E-state index in [0.29, 0.717) is 23.5 Å². The van der Waals surface area contributed by atoms with Crippen LogP contribution in [0, 0.1) is 31.4 Å². The number of aryl methyl sites for hydroxylation is 2. The molecule has 5 nitrogen and oxygen atoms in total. The van der Waals surface area contributed by atoms with Crippen LogP contribution in [0.5, 0.6) is 0 Å². The first kappa shape index (κ1) is 30.1. The number of hydrogen-bond donors (Lipinski definition) is 0. The molecule has 39 heavy (non-hydrogen) atoms. The Morgan fingerprint density at radius 2 is 1.62 bits per heavy atom. The largest absolute Gasteiger partial charge is 0.296 e. The highest BCUT2D eigenvalue weighted by Crippen LogP contribution is 2.47. The first-order valence-electron chi connectivity index (χ1n) is 12.3. The molecule has 5 rings (SSSR count). The monoisotopic (exact) mass is 567 g/mol. The van der Waals surface area contributed by atoms with Gasteiger partial charge in [0.2, 0.25) is 5.91 Å². The van der Waals surface area contributed by atoms with Crippen LogP contribution in [0.15, 0.2) is 72.8 Å². The second-order valence-electron chi connectivity index (χ2n) is 9.38. The number of nitrogens with zero attached hydrogens (tertiary/aromatic N) is 3. The second kappa shape index (κ2) is 12.2. The molecule has 1 aliphatic heterocycles. The average Bonchev–Trinajstić information content (AvgIpc) is 3.24. The minimum Gasteiger partial charge on any atom is -0.296 e. The van der Waals surface area contributed by atoms with Crippen LogP contribution in [0.4, 0.5) is 14.6 Å². The Morgan fingerprint density at radius 3 is 2.23 bits per heavy atom. The second-order valence-corrected chi connectivity index (χ2v) is 9.38. The Balaban J connectivity index is 0.00000210. The molecule has 0 saturated carbocycles. The molecule has 0 unspecified atom stereocenters. The molecule has 1 aromatic heterocycles. The number of rotatable bonds is 6. The van der Waals surface area contributed by atoms with Crippen LogP contribution in [0.2, 0.25) is 0 Å². The van der Waals surface area contributed by atoms with Gasteiger partial charge in [-0.1, -0.05) is 30.3 Å². The third-order valence-corrected chi connectivity index (χ3v) is 7.06. The average molecular weight is 568 g/mol. The van der Waals surface area contributed by atoms with Crippen molar-refractivity contribution in [3.63, 3.8) is 0 Å². The number of carbonyl (C=O) groups excluding carboxylic acids is 2. The van der Waals surface area contributed by atoms with Crippen LogP contribution in [0.3, 0.4) is 0 Å². The van der Waals surface area contributed by atoms with Crippen LogP contribution in [0.25, 0.3) is 5.69 Å². The summed E-state index contributed by atoms with van der Waals surface area (Å²) in [6.45, 7) is 5.77. The van der Waals surface area contributed by atoms with E-state index >= 15 is 0 Å². The third kappa shape index (κ3) is 5.51. The number of para-hydroxylation sites is 1. The number of amides is 1. The van der Waals surface area contributed by atoms with Crippen LogP contribution in [0.1, 0.15) is 52.0 Å². The van der Waals surface area contributed by atoms with Gasteiger partial charge in [-0.2, -0.15) is 32.1 Å². The molecule has 1 aliphatic rings. The van der Waals surface area contributed by atoms with Crippen molar-refractivity contribution >= 4 is 44.5 Å². The number of aromatic nitrogens is 2. The van der Waals surface area contributed by atoms with Crippen molar-refractivity contribution in [1.82, 2.24) is 9.78 Å². The summed E-state index contributed by atoms with van der Waals surface area (Å²) >= 11 is 0. The number of ketones is 1.